The summed E-state index contributed by atoms with van der Waals surface area (Å²) in [5.41, 5.74) is 1.81. The highest BCUT2D eigenvalue weighted by atomic mass is 16.6. The number of benzene rings is 2. The molecule has 1 heterocycles. The Bertz CT molecular complexity index is 859. The van der Waals surface area contributed by atoms with Gasteiger partial charge in [0.2, 0.25) is 0 Å². The average Bonchev–Trinajstić information content (AvgIpc) is 2.78. The van der Waals surface area contributed by atoms with Gasteiger partial charge in [0, 0.05) is 6.42 Å². The Balaban J connectivity index is 1.66. The second-order valence-corrected chi connectivity index (χ2v) is 7.80. The van der Waals surface area contributed by atoms with Gasteiger partial charge in [-0.05, 0) is 25.0 Å². The zero-order valence-corrected chi connectivity index (χ0v) is 17.8. The standard InChI is InChI=1S/C24H29NO6/c1-16(19-11-7-4-8-12-19)25-20(24(29)31-17(2)23(25)28)13-21(26)22(27)15-30-14-18-9-5-3-6-10-18/h3-12,16-17,20-22,26-27H,13-15H2,1-2H3/t16-,17-,20+,21+,22+/m0/s1. The Labute approximate surface area is 182 Å². The van der Waals surface area contributed by atoms with Crippen LogP contribution < -0.4 is 0 Å². The number of hydrogen-bond acceptors (Lipinski definition) is 6. The summed E-state index contributed by atoms with van der Waals surface area (Å²) < 4.78 is 10.7. The average molecular weight is 427 g/mol. The maximum Gasteiger partial charge on any atom is 0.329 e. The first kappa shape index (κ1) is 22.9. The zero-order valence-electron chi connectivity index (χ0n) is 17.8. The van der Waals surface area contributed by atoms with Crippen molar-refractivity contribution in [3.05, 3.63) is 71.8 Å². The van der Waals surface area contributed by atoms with Crippen LogP contribution in [0.3, 0.4) is 0 Å². The van der Waals surface area contributed by atoms with Crippen molar-refractivity contribution in [2.75, 3.05) is 6.61 Å². The van der Waals surface area contributed by atoms with Crippen LogP contribution in [0.2, 0.25) is 0 Å². The van der Waals surface area contributed by atoms with Crippen molar-refractivity contribution in [2.45, 2.75) is 57.3 Å². The summed E-state index contributed by atoms with van der Waals surface area (Å²) in [5.74, 6) is -0.922. The number of amides is 1. The SMILES string of the molecule is C[C@@H]1OC(=O)[C@@H](C[C@@H](O)[C@H](O)COCc2ccccc2)N([C@@H](C)c2ccccc2)C1=O. The third-order valence-corrected chi connectivity index (χ3v) is 5.51. The maximum atomic E-state index is 12.9. The summed E-state index contributed by atoms with van der Waals surface area (Å²) in [6.07, 6.45) is -3.52. The molecular formula is C24H29NO6. The predicted octanol–water partition coefficient (Wildman–Crippen LogP) is 2.22. The largest absolute Gasteiger partial charge is 0.451 e. The van der Waals surface area contributed by atoms with Crippen LogP contribution in [0.15, 0.2) is 60.7 Å². The molecule has 0 spiro atoms. The van der Waals surface area contributed by atoms with Crippen LogP contribution >= 0.6 is 0 Å². The summed E-state index contributed by atoms with van der Waals surface area (Å²) in [6, 6.07) is 17.4. The molecule has 7 heteroatoms. The number of carbonyl (C=O) groups is 2. The first-order valence-corrected chi connectivity index (χ1v) is 10.4. The van der Waals surface area contributed by atoms with Crippen molar-refractivity contribution in [2.24, 2.45) is 0 Å². The topological polar surface area (TPSA) is 96.3 Å². The Kier molecular flexibility index (Phi) is 7.79. The molecule has 0 saturated carbocycles. The molecule has 31 heavy (non-hydrogen) atoms. The van der Waals surface area contributed by atoms with Crippen molar-refractivity contribution >= 4 is 11.9 Å². The van der Waals surface area contributed by atoms with Crippen LogP contribution in [0.25, 0.3) is 0 Å². The quantitative estimate of drug-likeness (QED) is 0.596. The fraction of sp³-hybridized carbons (Fsp3) is 0.417. The number of aliphatic hydroxyl groups excluding tert-OH is 2. The van der Waals surface area contributed by atoms with E-state index >= 15 is 0 Å². The molecule has 5 atom stereocenters. The van der Waals surface area contributed by atoms with Crippen LogP contribution in [0.1, 0.15) is 37.4 Å². The van der Waals surface area contributed by atoms with Gasteiger partial charge in [-0.2, -0.15) is 0 Å². The third kappa shape index (κ3) is 5.70. The first-order valence-electron chi connectivity index (χ1n) is 10.4. The van der Waals surface area contributed by atoms with Gasteiger partial charge in [-0.15, -0.1) is 0 Å². The second-order valence-electron chi connectivity index (χ2n) is 7.80. The lowest BCUT2D eigenvalue weighted by atomic mass is 9.97. The number of ether oxygens (including phenoxy) is 2. The van der Waals surface area contributed by atoms with Gasteiger partial charge in [-0.3, -0.25) is 4.79 Å². The van der Waals surface area contributed by atoms with Gasteiger partial charge in [0.25, 0.3) is 5.91 Å². The van der Waals surface area contributed by atoms with E-state index in [1.165, 1.54) is 11.8 Å². The van der Waals surface area contributed by atoms with Crippen molar-refractivity contribution in [1.29, 1.82) is 0 Å². The van der Waals surface area contributed by atoms with Gasteiger partial charge in [0.1, 0.15) is 12.1 Å². The van der Waals surface area contributed by atoms with E-state index in [4.69, 9.17) is 9.47 Å². The van der Waals surface area contributed by atoms with Gasteiger partial charge in [0.15, 0.2) is 6.10 Å². The Hall–Kier alpha value is -2.74. The number of rotatable bonds is 9. The molecule has 3 rings (SSSR count). The number of cyclic esters (lactones) is 1. The van der Waals surface area contributed by atoms with Gasteiger partial charge in [-0.1, -0.05) is 60.7 Å². The minimum Gasteiger partial charge on any atom is -0.451 e. The molecule has 2 aromatic carbocycles. The summed E-state index contributed by atoms with van der Waals surface area (Å²) >= 11 is 0. The molecule has 2 aromatic rings. The maximum absolute atomic E-state index is 12.9. The Morgan fingerprint density at radius 2 is 1.61 bits per heavy atom. The van der Waals surface area contributed by atoms with E-state index in [9.17, 15) is 19.8 Å². The zero-order chi connectivity index (χ0) is 22.4. The molecule has 1 fully saturated rings. The smallest absolute Gasteiger partial charge is 0.329 e. The van der Waals surface area contributed by atoms with Crippen LogP contribution in [-0.2, 0) is 25.7 Å². The van der Waals surface area contributed by atoms with E-state index in [0.717, 1.165) is 11.1 Å². The number of carbonyl (C=O) groups excluding carboxylic acids is 2. The minimum absolute atomic E-state index is 0.101. The molecule has 1 aliphatic rings. The highest BCUT2D eigenvalue weighted by molar-refractivity contribution is 5.92. The molecule has 166 valence electrons. The number of esters is 1. The molecule has 2 N–H and O–H groups in total. The van der Waals surface area contributed by atoms with Crippen LogP contribution in [-0.4, -0.2) is 58.0 Å². The second kappa shape index (κ2) is 10.5. The molecule has 7 nitrogen and oxygen atoms in total. The molecule has 0 radical (unpaired) electrons. The minimum atomic E-state index is -1.26. The number of morpholine rings is 1. The summed E-state index contributed by atoms with van der Waals surface area (Å²) in [6.45, 7) is 3.56. The first-order chi connectivity index (χ1) is 14.9. The van der Waals surface area contributed by atoms with Gasteiger partial charge < -0.3 is 24.6 Å². The van der Waals surface area contributed by atoms with Crippen LogP contribution in [0, 0.1) is 0 Å². The molecule has 1 saturated heterocycles. The third-order valence-electron chi connectivity index (χ3n) is 5.51. The van der Waals surface area contributed by atoms with Crippen LogP contribution in [0.5, 0.6) is 0 Å². The molecule has 1 amide bonds. The molecular weight excluding hydrogens is 398 g/mol. The van der Waals surface area contributed by atoms with E-state index in [-0.39, 0.29) is 18.9 Å². The fourth-order valence-corrected chi connectivity index (χ4v) is 3.71. The lowest BCUT2D eigenvalue weighted by Gasteiger charge is -2.41. The van der Waals surface area contributed by atoms with Crippen LogP contribution in [0.4, 0.5) is 0 Å². The van der Waals surface area contributed by atoms with E-state index < -0.39 is 36.4 Å². The fourth-order valence-electron chi connectivity index (χ4n) is 3.71. The lowest BCUT2D eigenvalue weighted by molar-refractivity contribution is -0.182. The number of hydrogen-bond donors (Lipinski definition) is 2. The molecule has 0 bridgehead atoms. The molecule has 0 aromatic heterocycles. The van der Waals surface area contributed by atoms with Gasteiger partial charge in [0.05, 0.1) is 25.4 Å². The monoisotopic (exact) mass is 427 g/mol. The van der Waals surface area contributed by atoms with Crippen molar-refractivity contribution in [3.8, 4) is 0 Å². The Morgan fingerprint density at radius 3 is 2.26 bits per heavy atom. The van der Waals surface area contributed by atoms with Crippen molar-refractivity contribution in [3.63, 3.8) is 0 Å². The summed E-state index contributed by atoms with van der Waals surface area (Å²) in [5, 5.41) is 20.9. The van der Waals surface area contributed by atoms with E-state index in [2.05, 4.69) is 0 Å². The highest BCUT2D eigenvalue weighted by Gasteiger charge is 2.44. The number of aliphatic hydroxyl groups is 2. The summed E-state index contributed by atoms with van der Waals surface area (Å²) in [4.78, 5) is 26.9. The van der Waals surface area contributed by atoms with Crippen molar-refractivity contribution < 1.29 is 29.3 Å². The predicted molar refractivity (Wildman–Crippen MR) is 114 cm³/mol. The number of nitrogens with zero attached hydrogens (tertiary/aromatic N) is 1. The lowest BCUT2D eigenvalue weighted by Crippen LogP contribution is -2.58. The van der Waals surface area contributed by atoms with E-state index in [1.54, 1.807) is 0 Å². The van der Waals surface area contributed by atoms with Gasteiger partial charge in [-0.25, -0.2) is 4.79 Å². The van der Waals surface area contributed by atoms with E-state index in [0.29, 0.717) is 6.61 Å². The normalized spacial score (nSPS) is 22.0. The Morgan fingerprint density at radius 1 is 1.00 bits per heavy atom. The van der Waals surface area contributed by atoms with Crippen molar-refractivity contribution in [1.82, 2.24) is 4.90 Å². The summed E-state index contributed by atoms with van der Waals surface area (Å²) in [7, 11) is 0. The molecule has 0 aliphatic carbocycles. The highest BCUT2D eigenvalue weighted by Crippen LogP contribution is 2.30. The molecule has 0 unspecified atom stereocenters. The van der Waals surface area contributed by atoms with Gasteiger partial charge >= 0.3 is 5.97 Å². The van der Waals surface area contributed by atoms with E-state index in [1.807, 2.05) is 67.6 Å². The molecule has 1 aliphatic heterocycles.